The Morgan fingerprint density at radius 2 is 2.05 bits per heavy atom. The van der Waals surface area contributed by atoms with Gasteiger partial charge in [-0.25, -0.2) is 0 Å². The van der Waals surface area contributed by atoms with Crippen LogP contribution in [0.3, 0.4) is 0 Å². The Bertz CT molecular complexity index is 459. The van der Waals surface area contributed by atoms with Crippen LogP contribution in [0, 0.1) is 0 Å². The Morgan fingerprint density at radius 3 is 2.57 bits per heavy atom. The molecule has 1 aromatic carbocycles. The largest absolute Gasteiger partial charge is 0.497 e. The maximum absolute atomic E-state index is 12.0. The molecule has 118 valence electrons. The molecule has 1 atom stereocenters. The third-order valence-electron chi connectivity index (χ3n) is 2.83. The molecule has 0 aliphatic heterocycles. The minimum absolute atomic E-state index is 0.00446. The van der Waals surface area contributed by atoms with Crippen molar-refractivity contribution in [2.24, 2.45) is 5.73 Å². The Morgan fingerprint density at radius 1 is 1.33 bits per heavy atom. The summed E-state index contributed by atoms with van der Waals surface area (Å²) in [5.74, 6) is 1.05. The number of hydrogen-bond acceptors (Lipinski definition) is 5. The fraction of sp³-hybridized carbons (Fsp3) is 0.533. The zero-order chi connectivity index (χ0) is 15.8. The van der Waals surface area contributed by atoms with E-state index in [1.165, 1.54) is 7.11 Å². The number of amides is 1. The maximum atomic E-state index is 12.0. The normalized spacial score (nSPS) is 12.1. The lowest BCUT2D eigenvalue weighted by atomic mass is 10.2. The van der Waals surface area contributed by atoms with Crippen LogP contribution in [0.15, 0.2) is 18.2 Å². The molecule has 0 aliphatic rings. The average molecular weight is 296 g/mol. The minimum Gasteiger partial charge on any atom is -0.497 e. The highest BCUT2D eigenvalue weighted by molar-refractivity contribution is 5.92. The minimum atomic E-state index is -0.301. The van der Waals surface area contributed by atoms with Crippen molar-refractivity contribution in [3.05, 3.63) is 18.2 Å². The van der Waals surface area contributed by atoms with E-state index in [1.54, 1.807) is 25.3 Å². The van der Waals surface area contributed by atoms with E-state index in [0.717, 1.165) is 0 Å². The molecule has 3 N–H and O–H groups in total. The van der Waals surface area contributed by atoms with Gasteiger partial charge >= 0.3 is 0 Å². The molecule has 0 heterocycles. The molecule has 6 nitrogen and oxygen atoms in total. The van der Waals surface area contributed by atoms with Gasteiger partial charge in [-0.05, 0) is 26.0 Å². The van der Waals surface area contributed by atoms with Crippen LogP contribution >= 0.6 is 0 Å². The summed E-state index contributed by atoms with van der Waals surface area (Å²) >= 11 is 0. The first-order valence-electron chi connectivity index (χ1n) is 6.87. The third kappa shape index (κ3) is 5.61. The molecule has 0 fully saturated rings. The number of rotatable bonds is 8. The van der Waals surface area contributed by atoms with E-state index in [2.05, 4.69) is 5.32 Å². The molecule has 0 saturated heterocycles. The van der Waals surface area contributed by atoms with Gasteiger partial charge in [0.2, 0.25) is 5.91 Å². The third-order valence-corrected chi connectivity index (χ3v) is 2.83. The predicted octanol–water partition coefficient (Wildman–Crippen LogP) is 1.78. The Labute approximate surface area is 125 Å². The van der Waals surface area contributed by atoms with Gasteiger partial charge in [0.25, 0.3) is 0 Å². The number of methoxy groups -OCH3 is 2. The van der Waals surface area contributed by atoms with Crippen molar-refractivity contribution < 1.29 is 19.0 Å². The van der Waals surface area contributed by atoms with E-state index in [0.29, 0.717) is 17.2 Å². The summed E-state index contributed by atoms with van der Waals surface area (Å²) in [6.07, 6.45) is -0.111. The summed E-state index contributed by atoms with van der Waals surface area (Å²) in [7, 11) is 3.10. The molecule has 1 rings (SSSR count). The molecule has 1 aromatic rings. The van der Waals surface area contributed by atoms with Crippen LogP contribution in [-0.2, 0) is 9.53 Å². The van der Waals surface area contributed by atoms with Gasteiger partial charge in [0.15, 0.2) is 0 Å². The zero-order valence-corrected chi connectivity index (χ0v) is 13.0. The molecule has 6 heteroatoms. The van der Waals surface area contributed by atoms with Gasteiger partial charge in [0, 0.05) is 19.7 Å². The predicted molar refractivity (Wildman–Crippen MR) is 81.9 cm³/mol. The van der Waals surface area contributed by atoms with Gasteiger partial charge in [-0.1, -0.05) is 0 Å². The summed E-state index contributed by atoms with van der Waals surface area (Å²) < 4.78 is 16.0. The smallest absolute Gasteiger partial charge is 0.227 e. The Balaban J connectivity index is 2.85. The van der Waals surface area contributed by atoms with Crippen molar-refractivity contribution in [2.75, 3.05) is 26.1 Å². The number of benzene rings is 1. The molecule has 0 spiro atoms. The Hall–Kier alpha value is -1.79. The average Bonchev–Trinajstić information content (AvgIpc) is 2.46. The molecule has 0 saturated carbocycles. The number of anilines is 1. The van der Waals surface area contributed by atoms with Gasteiger partial charge in [0.05, 0.1) is 31.4 Å². The van der Waals surface area contributed by atoms with Crippen molar-refractivity contribution in [3.63, 3.8) is 0 Å². The first-order chi connectivity index (χ1) is 9.99. The fourth-order valence-corrected chi connectivity index (χ4v) is 1.76. The number of carbonyl (C=O) groups is 1. The number of nitrogens with one attached hydrogen (secondary N) is 1. The molecule has 0 radical (unpaired) electrons. The van der Waals surface area contributed by atoms with Crippen molar-refractivity contribution in [3.8, 4) is 11.5 Å². The van der Waals surface area contributed by atoms with Gasteiger partial charge in [0.1, 0.15) is 11.5 Å². The van der Waals surface area contributed by atoms with E-state index in [4.69, 9.17) is 19.9 Å². The number of hydrogen-bond donors (Lipinski definition) is 2. The second-order valence-corrected chi connectivity index (χ2v) is 4.87. The first-order valence-corrected chi connectivity index (χ1v) is 6.87. The second kappa shape index (κ2) is 8.49. The van der Waals surface area contributed by atoms with Crippen LogP contribution < -0.4 is 20.5 Å². The molecule has 0 bridgehead atoms. The first kappa shape index (κ1) is 17.3. The standard InChI is InChI=1S/C15H24N2O4/c1-10(2)21-14-6-5-11(19-3)7-13(14)17-15(18)8-12(9-16)20-4/h5-7,10,12H,8-9,16H2,1-4H3,(H,17,18). The van der Waals surface area contributed by atoms with Gasteiger partial charge < -0.3 is 25.3 Å². The van der Waals surface area contributed by atoms with Crippen LogP contribution in [0.25, 0.3) is 0 Å². The summed E-state index contributed by atoms with van der Waals surface area (Å²) in [6, 6.07) is 5.27. The zero-order valence-electron chi connectivity index (χ0n) is 13.0. The molecule has 1 unspecified atom stereocenters. The van der Waals surface area contributed by atoms with Crippen LogP contribution in [0.2, 0.25) is 0 Å². The quantitative estimate of drug-likeness (QED) is 0.764. The number of nitrogens with two attached hydrogens (primary N) is 1. The van der Waals surface area contributed by atoms with Crippen molar-refractivity contribution >= 4 is 11.6 Å². The molecule has 0 aliphatic carbocycles. The summed E-state index contributed by atoms with van der Waals surface area (Å²) in [5, 5.41) is 2.81. The Kier molecular flexibility index (Phi) is 6.98. The van der Waals surface area contributed by atoms with Gasteiger partial charge in [-0.3, -0.25) is 4.79 Å². The highest BCUT2D eigenvalue weighted by Crippen LogP contribution is 2.30. The van der Waals surface area contributed by atoms with Crippen LogP contribution in [0.4, 0.5) is 5.69 Å². The molecule has 0 aromatic heterocycles. The lowest BCUT2D eigenvalue weighted by molar-refractivity contribution is -0.118. The number of carbonyl (C=O) groups excluding carboxylic acids is 1. The lowest BCUT2D eigenvalue weighted by Gasteiger charge is -2.17. The van der Waals surface area contributed by atoms with E-state index in [-0.39, 0.29) is 31.1 Å². The van der Waals surface area contributed by atoms with Crippen molar-refractivity contribution in [1.82, 2.24) is 0 Å². The highest BCUT2D eigenvalue weighted by atomic mass is 16.5. The van der Waals surface area contributed by atoms with Crippen LogP contribution in [0.1, 0.15) is 20.3 Å². The lowest BCUT2D eigenvalue weighted by Crippen LogP contribution is -2.28. The monoisotopic (exact) mass is 296 g/mol. The van der Waals surface area contributed by atoms with Gasteiger partial charge in [-0.2, -0.15) is 0 Å². The van der Waals surface area contributed by atoms with E-state index >= 15 is 0 Å². The van der Waals surface area contributed by atoms with Crippen molar-refractivity contribution in [1.29, 1.82) is 0 Å². The SMILES string of the molecule is COc1ccc(OC(C)C)c(NC(=O)CC(CN)OC)c1. The van der Waals surface area contributed by atoms with E-state index < -0.39 is 0 Å². The van der Waals surface area contributed by atoms with Crippen LogP contribution in [0.5, 0.6) is 11.5 Å². The van der Waals surface area contributed by atoms with Crippen LogP contribution in [-0.4, -0.2) is 38.9 Å². The summed E-state index contributed by atoms with van der Waals surface area (Å²) in [4.78, 5) is 12.0. The fourth-order valence-electron chi connectivity index (χ4n) is 1.76. The molecular weight excluding hydrogens is 272 g/mol. The molecule has 21 heavy (non-hydrogen) atoms. The second-order valence-electron chi connectivity index (χ2n) is 4.87. The van der Waals surface area contributed by atoms with E-state index in [1.807, 2.05) is 13.8 Å². The van der Waals surface area contributed by atoms with Gasteiger partial charge in [-0.15, -0.1) is 0 Å². The summed E-state index contributed by atoms with van der Waals surface area (Å²) in [5.41, 5.74) is 6.09. The topological polar surface area (TPSA) is 82.8 Å². The maximum Gasteiger partial charge on any atom is 0.227 e. The summed E-state index contributed by atoms with van der Waals surface area (Å²) in [6.45, 7) is 4.13. The molecular formula is C15H24N2O4. The molecule has 1 amide bonds. The number of ether oxygens (including phenoxy) is 3. The highest BCUT2D eigenvalue weighted by Gasteiger charge is 2.15. The van der Waals surface area contributed by atoms with E-state index in [9.17, 15) is 4.79 Å². The van der Waals surface area contributed by atoms with Crippen molar-refractivity contribution in [2.45, 2.75) is 32.5 Å².